The lowest BCUT2D eigenvalue weighted by Crippen LogP contribution is -2.33. The molecule has 118 valence electrons. The van der Waals surface area contributed by atoms with E-state index in [-0.39, 0.29) is 6.54 Å². The van der Waals surface area contributed by atoms with Crippen molar-refractivity contribution < 1.29 is 26.2 Å². The van der Waals surface area contributed by atoms with Crippen LogP contribution >= 0.6 is 0 Å². The number of carbonyl (C=O) groups excluding carboxylic acids is 1. The van der Waals surface area contributed by atoms with Crippen LogP contribution in [-0.4, -0.2) is 36.6 Å². The molecule has 1 amide bonds. The first-order chi connectivity index (χ1) is 9.54. The molecule has 2 atom stereocenters. The molecule has 6 nitrogen and oxygen atoms in total. The van der Waals surface area contributed by atoms with Crippen molar-refractivity contribution in [3.05, 3.63) is 29.3 Å². The van der Waals surface area contributed by atoms with E-state index in [0.29, 0.717) is 12.1 Å². The van der Waals surface area contributed by atoms with Crippen molar-refractivity contribution in [2.24, 2.45) is 5.14 Å². The number of hydrogen-bond acceptors (Lipinski definition) is 4. The van der Waals surface area contributed by atoms with Gasteiger partial charge in [-0.25, -0.2) is 22.3 Å². The summed E-state index contributed by atoms with van der Waals surface area (Å²) in [5.74, 6) is -4.00. The molecule has 3 N–H and O–H groups in total. The average Bonchev–Trinajstić information content (AvgIpc) is 2.37. The van der Waals surface area contributed by atoms with Crippen LogP contribution in [0.5, 0.6) is 0 Å². The Hall–Kier alpha value is -1.39. The van der Waals surface area contributed by atoms with Crippen molar-refractivity contribution >= 4 is 26.7 Å². The summed E-state index contributed by atoms with van der Waals surface area (Å²) in [7, 11) is -5.49. The second kappa shape index (κ2) is 6.58. The summed E-state index contributed by atoms with van der Waals surface area (Å²) < 4.78 is 60.3. The summed E-state index contributed by atoms with van der Waals surface area (Å²) in [6.45, 7) is 1.55. The maximum absolute atomic E-state index is 13.6. The summed E-state index contributed by atoms with van der Waals surface area (Å²) in [4.78, 5) is 11.1. The molecule has 0 fully saturated rings. The normalized spacial score (nSPS) is 14.5. The number of benzene rings is 1. The first-order valence-corrected chi connectivity index (χ1v) is 8.83. The van der Waals surface area contributed by atoms with Gasteiger partial charge in [0.2, 0.25) is 10.0 Å². The highest BCUT2D eigenvalue weighted by Gasteiger charge is 2.21. The smallest absolute Gasteiger partial charge is 0.254 e. The molecular formula is C11H14F2N2O4S2. The first kappa shape index (κ1) is 17.7. The third kappa shape index (κ3) is 4.55. The highest BCUT2D eigenvalue weighted by Crippen LogP contribution is 2.18. The van der Waals surface area contributed by atoms with Gasteiger partial charge in [0.05, 0.1) is 10.5 Å². The van der Waals surface area contributed by atoms with Crippen LogP contribution in [0.4, 0.5) is 8.78 Å². The van der Waals surface area contributed by atoms with E-state index >= 15 is 0 Å². The van der Waals surface area contributed by atoms with Crippen LogP contribution in [0, 0.1) is 11.6 Å². The zero-order valence-electron chi connectivity index (χ0n) is 11.2. The molecule has 0 heterocycles. The Bertz CT molecular complexity index is 692. The van der Waals surface area contributed by atoms with Crippen LogP contribution in [0.1, 0.15) is 17.3 Å². The summed E-state index contributed by atoms with van der Waals surface area (Å²) in [6, 6.07) is 1.04. The van der Waals surface area contributed by atoms with Crippen LogP contribution in [0.25, 0.3) is 0 Å². The monoisotopic (exact) mass is 340 g/mol. The molecule has 1 aromatic carbocycles. The molecule has 0 saturated carbocycles. The van der Waals surface area contributed by atoms with Gasteiger partial charge in [-0.1, -0.05) is 0 Å². The van der Waals surface area contributed by atoms with Gasteiger partial charge in [-0.15, -0.1) is 0 Å². The number of amides is 1. The largest absolute Gasteiger partial charge is 0.351 e. The number of sulfonamides is 1. The predicted octanol–water partition coefficient (Wildman–Crippen LogP) is 0.109. The quantitative estimate of drug-likeness (QED) is 0.793. The number of nitrogens with two attached hydrogens (primary N) is 1. The van der Waals surface area contributed by atoms with E-state index in [4.69, 9.17) is 5.14 Å². The maximum Gasteiger partial charge on any atom is 0.254 e. The van der Waals surface area contributed by atoms with Crippen LogP contribution in [0.2, 0.25) is 0 Å². The summed E-state index contributed by atoms with van der Waals surface area (Å²) in [5, 5.41) is 6.67. The molecule has 0 aliphatic carbocycles. The van der Waals surface area contributed by atoms with Crippen LogP contribution in [0.15, 0.2) is 17.0 Å². The molecule has 0 aliphatic heterocycles. The summed E-state index contributed by atoms with van der Waals surface area (Å²) in [6.07, 6.45) is 1.43. The van der Waals surface area contributed by atoms with Crippen LogP contribution in [0.3, 0.4) is 0 Å². The third-order valence-electron chi connectivity index (χ3n) is 2.69. The number of halogens is 2. The molecule has 0 saturated heterocycles. The molecule has 21 heavy (non-hydrogen) atoms. The fourth-order valence-electron chi connectivity index (χ4n) is 1.34. The van der Waals surface area contributed by atoms with Gasteiger partial charge >= 0.3 is 0 Å². The molecule has 10 heteroatoms. The lowest BCUT2D eigenvalue weighted by molar-refractivity contribution is 0.0948. The van der Waals surface area contributed by atoms with Gasteiger partial charge in [0.1, 0.15) is 0 Å². The number of primary sulfonamides is 1. The first-order valence-electron chi connectivity index (χ1n) is 5.66. The number of carbonyl (C=O) groups is 1. The predicted molar refractivity (Wildman–Crippen MR) is 73.6 cm³/mol. The highest BCUT2D eigenvalue weighted by atomic mass is 32.2. The Kier molecular flexibility index (Phi) is 5.54. The van der Waals surface area contributed by atoms with E-state index < -0.39 is 54.1 Å². The number of hydrogen-bond donors (Lipinski definition) is 2. The fraction of sp³-hybridized carbons (Fsp3) is 0.364. The summed E-state index contributed by atoms with van der Waals surface area (Å²) >= 11 is 0. The molecular weight excluding hydrogens is 326 g/mol. The Morgan fingerprint density at radius 2 is 2.00 bits per heavy atom. The van der Waals surface area contributed by atoms with Gasteiger partial charge in [-0.05, 0) is 19.1 Å². The van der Waals surface area contributed by atoms with E-state index in [0.717, 1.165) is 0 Å². The van der Waals surface area contributed by atoms with E-state index in [9.17, 15) is 26.2 Å². The molecule has 0 aliphatic rings. The van der Waals surface area contributed by atoms with E-state index in [1.807, 2.05) is 0 Å². The average molecular weight is 340 g/mol. The van der Waals surface area contributed by atoms with E-state index in [1.54, 1.807) is 6.92 Å². The molecule has 1 rings (SSSR count). The van der Waals surface area contributed by atoms with Crippen LogP contribution < -0.4 is 10.5 Å². The van der Waals surface area contributed by atoms with Crippen molar-refractivity contribution in [2.75, 3.05) is 12.8 Å². The lowest BCUT2D eigenvalue weighted by atomic mass is 10.2. The standard InChI is InChI=1S/C11H14F2N2O4S2/c1-6(20(2)17)5-15-11(16)8-3-7(21(14,18)19)4-9(12)10(8)13/h3-4,6H,5H2,1-2H3,(H,15,16)(H2,14,18,19). The summed E-state index contributed by atoms with van der Waals surface area (Å²) in [5.41, 5.74) is -0.784. The minimum atomic E-state index is -4.28. The molecule has 0 radical (unpaired) electrons. The molecule has 2 unspecified atom stereocenters. The van der Waals surface area contributed by atoms with Gasteiger partial charge in [0.25, 0.3) is 5.91 Å². The number of nitrogens with one attached hydrogen (secondary N) is 1. The SMILES string of the molecule is CC(CNC(=O)c1cc(S(N)(=O)=O)cc(F)c1F)S(C)=O. The second-order valence-corrected chi connectivity index (χ2v) is 7.69. The van der Waals surface area contributed by atoms with Crippen molar-refractivity contribution in [1.82, 2.24) is 5.32 Å². The zero-order chi connectivity index (χ0) is 16.4. The Balaban J connectivity index is 3.09. The van der Waals surface area contributed by atoms with Crippen molar-refractivity contribution in [1.29, 1.82) is 0 Å². The van der Waals surface area contributed by atoms with Gasteiger partial charge in [0.15, 0.2) is 11.6 Å². The third-order valence-corrected chi connectivity index (χ3v) is 4.88. The molecule has 0 aromatic heterocycles. The molecule has 1 aromatic rings. The van der Waals surface area contributed by atoms with Crippen molar-refractivity contribution in [3.8, 4) is 0 Å². The Labute approximate surface area is 123 Å². The topological polar surface area (TPSA) is 106 Å². The van der Waals surface area contributed by atoms with Gasteiger partial charge in [-0.3, -0.25) is 9.00 Å². The highest BCUT2D eigenvalue weighted by molar-refractivity contribution is 7.89. The van der Waals surface area contributed by atoms with E-state index in [1.165, 1.54) is 6.26 Å². The van der Waals surface area contributed by atoms with E-state index in [2.05, 4.69) is 5.32 Å². The Morgan fingerprint density at radius 1 is 1.43 bits per heavy atom. The number of rotatable bonds is 5. The fourth-order valence-corrected chi connectivity index (χ4v) is 2.21. The van der Waals surface area contributed by atoms with Gasteiger partial charge in [-0.2, -0.15) is 0 Å². The Morgan fingerprint density at radius 3 is 2.48 bits per heavy atom. The zero-order valence-corrected chi connectivity index (χ0v) is 12.9. The van der Waals surface area contributed by atoms with Crippen LogP contribution in [-0.2, 0) is 20.8 Å². The molecule has 0 spiro atoms. The van der Waals surface area contributed by atoms with Crippen molar-refractivity contribution in [2.45, 2.75) is 17.1 Å². The molecule has 0 bridgehead atoms. The lowest BCUT2D eigenvalue weighted by Gasteiger charge is -2.11. The maximum atomic E-state index is 13.6. The second-order valence-electron chi connectivity index (χ2n) is 4.33. The minimum Gasteiger partial charge on any atom is -0.351 e. The van der Waals surface area contributed by atoms with Gasteiger partial charge < -0.3 is 5.32 Å². The minimum absolute atomic E-state index is 0.0391. The van der Waals surface area contributed by atoms with Crippen molar-refractivity contribution in [3.63, 3.8) is 0 Å². The van der Waals surface area contributed by atoms with Gasteiger partial charge in [0, 0.05) is 28.9 Å².